The molecule has 0 fully saturated rings. The van der Waals surface area contributed by atoms with E-state index in [2.05, 4.69) is 41.5 Å². The zero-order chi connectivity index (χ0) is 17.5. The van der Waals surface area contributed by atoms with Gasteiger partial charge in [-0.2, -0.15) is 0 Å². The summed E-state index contributed by atoms with van der Waals surface area (Å²) in [4.78, 5) is 15.5. The molecule has 3 rings (SSSR count). The van der Waals surface area contributed by atoms with Crippen LogP contribution < -0.4 is 5.32 Å². The highest BCUT2D eigenvalue weighted by atomic mass is 32.1. The third kappa shape index (κ3) is 4.81. The van der Waals surface area contributed by atoms with E-state index in [0.717, 1.165) is 30.1 Å². The fraction of sp³-hybridized carbons (Fsp3) is 0.250. The molecule has 25 heavy (non-hydrogen) atoms. The molecule has 0 radical (unpaired) electrons. The van der Waals surface area contributed by atoms with Crippen LogP contribution >= 0.6 is 11.3 Å². The number of nitrogens with zero attached hydrogens (tertiary/aromatic N) is 2. The van der Waals surface area contributed by atoms with Gasteiger partial charge in [0.1, 0.15) is 4.88 Å². The van der Waals surface area contributed by atoms with E-state index in [0.29, 0.717) is 6.54 Å². The quantitative estimate of drug-likeness (QED) is 0.626. The predicted molar refractivity (Wildman–Crippen MR) is 103 cm³/mol. The van der Waals surface area contributed by atoms with Gasteiger partial charge in [-0.25, -0.2) is 0 Å². The summed E-state index contributed by atoms with van der Waals surface area (Å²) in [5.41, 5.74) is 2.25. The number of hydrogen-bond donors (Lipinski definition) is 1. The summed E-state index contributed by atoms with van der Waals surface area (Å²) in [6, 6.07) is 16.3. The van der Waals surface area contributed by atoms with E-state index < -0.39 is 0 Å². The Morgan fingerprint density at radius 2 is 1.88 bits per heavy atom. The molecule has 5 heteroatoms. The molecule has 3 aromatic rings. The van der Waals surface area contributed by atoms with Crippen LogP contribution in [0.5, 0.6) is 0 Å². The second kappa shape index (κ2) is 8.65. The van der Waals surface area contributed by atoms with Crippen molar-refractivity contribution in [3.63, 3.8) is 0 Å². The van der Waals surface area contributed by atoms with Crippen molar-refractivity contribution in [2.75, 3.05) is 20.1 Å². The van der Waals surface area contributed by atoms with E-state index in [1.54, 1.807) is 0 Å². The smallest absolute Gasteiger partial charge is 0.263 e. The van der Waals surface area contributed by atoms with Crippen molar-refractivity contribution in [3.8, 4) is 5.69 Å². The van der Waals surface area contributed by atoms with Gasteiger partial charge < -0.3 is 14.8 Å². The molecule has 1 amide bonds. The molecule has 0 atom stereocenters. The Morgan fingerprint density at radius 1 is 1.12 bits per heavy atom. The van der Waals surface area contributed by atoms with E-state index in [1.807, 2.05) is 46.6 Å². The molecule has 0 aliphatic carbocycles. The maximum atomic E-state index is 12.4. The summed E-state index contributed by atoms with van der Waals surface area (Å²) in [5, 5.41) is 4.99. The maximum Gasteiger partial charge on any atom is 0.263 e. The first kappa shape index (κ1) is 17.5. The van der Waals surface area contributed by atoms with E-state index >= 15 is 0 Å². The van der Waals surface area contributed by atoms with Crippen LogP contribution in [-0.4, -0.2) is 35.5 Å². The van der Waals surface area contributed by atoms with E-state index in [4.69, 9.17) is 0 Å². The van der Waals surface area contributed by atoms with Crippen LogP contribution in [0.15, 0.2) is 66.3 Å². The minimum absolute atomic E-state index is 0.00409. The Bertz CT molecular complexity index is 780. The molecular formula is C20H23N3OS. The molecule has 1 N–H and O–H groups in total. The molecule has 2 heterocycles. The summed E-state index contributed by atoms with van der Waals surface area (Å²) < 4.78 is 1.97. The van der Waals surface area contributed by atoms with E-state index in [9.17, 15) is 4.79 Å². The molecule has 0 bridgehead atoms. The van der Waals surface area contributed by atoms with Gasteiger partial charge >= 0.3 is 0 Å². The number of amides is 1. The van der Waals surface area contributed by atoms with Crippen molar-refractivity contribution in [3.05, 3.63) is 76.7 Å². The van der Waals surface area contributed by atoms with Crippen molar-refractivity contribution in [1.82, 2.24) is 14.8 Å². The van der Waals surface area contributed by atoms with Gasteiger partial charge in [-0.3, -0.25) is 4.79 Å². The standard InChI is InChI=1S/C20H23N3OS/c1-22(16-17-8-3-2-4-9-17)12-7-11-21-20(24)19-18(10-15-25-19)23-13-5-6-14-23/h2-6,8-10,13-15H,7,11-12,16H2,1H3,(H,21,24). The second-order valence-corrected chi connectivity index (χ2v) is 6.97. The third-order valence-electron chi connectivity index (χ3n) is 4.03. The minimum atomic E-state index is 0.00409. The maximum absolute atomic E-state index is 12.4. The molecule has 1 aromatic carbocycles. The second-order valence-electron chi connectivity index (χ2n) is 6.06. The molecule has 0 saturated heterocycles. The SMILES string of the molecule is CN(CCCNC(=O)c1sccc1-n1cccc1)Cc1ccccc1. The lowest BCUT2D eigenvalue weighted by molar-refractivity contribution is 0.0956. The van der Waals surface area contributed by atoms with Crippen LogP contribution in [0.3, 0.4) is 0 Å². The van der Waals surface area contributed by atoms with Crippen molar-refractivity contribution in [2.45, 2.75) is 13.0 Å². The van der Waals surface area contributed by atoms with Gasteiger partial charge in [-0.1, -0.05) is 30.3 Å². The largest absolute Gasteiger partial charge is 0.351 e. The minimum Gasteiger partial charge on any atom is -0.351 e. The Balaban J connectivity index is 1.44. The summed E-state index contributed by atoms with van der Waals surface area (Å²) >= 11 is 1.48. The Labute approximate surface area is 152 Å². The zero-order valence-electron chi connectivity index (χ0n) is 14.4. The molecule has 0 aliphatic rings. The molecule has 0 unspecified atom stereocenters. The third-order valence-corrected chi connectivity index (χ3v) is 4.93. The van der Waals surface area contributed by atoms with Crippen LogP contribution in [-0.2, 0) is 6.54 Å². The summed E-state index contributed by atoms with van der Waals surface area (Å²) in [6.07, 6.45) is 4.84. The van der Waals surface area contributed by atoms with Gasteiger partial charge in [0.15, 0.2) is 0 Å². The van der Waals surface area contributed by atoms with Crippen LogP contribution in [0.2, 0.25) is 0 Å². The fourth-order valence-electron chi connectivity index (χ4n) is 2.78. The average molecular weight is 353 g/mol. The topological polar surface area (TPSA) is 37.3 Å². The highest BCUT2D eigenvalue weighted by Gasteiger charge is 2.13. The van der Waals surface area contributed by atoms with Crippen LogP contribution in [0.4, 0.5) is 0 Å². The van der Waals surface area contributed by atoms with Gasteiger partial charge in [0, 0.05) is 25.5 Å². The molecule has 2 aromatic heterocycles. The molecular weight excluding hydrogens is 330 g/mol. The van der Waals surface area contributed by atoms with E-state index in [1.165, 1.54) is 16.9 Å². The van der Waals surface area contributed by atoms with E-state index in [-0.39, 0.29) is 5.91 Å². The average Bonchev–Trinajstić information content (AvgIpc) is 3.30. The number of aromatic nitrogens is 1. The van der Waals surface area contributed by atoms with Crippen molar-refractivity contribution in [2.24, 2.45) is 0 Å². The zero-order valence-corrected chi connectivity index (χ0v) is 15.2. The lowest BCUT2D eigenvalue weighted by Crippen LogP contribution is -2.28. The monoisotopic (exact) mass is 353 g/mol. The first-order valence-electron chi connectivity index (χ1n) is 8.45. The number of thiophene rings is 1. The Hall–Kier alpha value is -2.37. The first-order chi connectivity index (χ1) is 12.2. The summed E-state index contributed by atoms with van der Waals surface area (Å²) in [7, 11) is 2.11. The lowest BCUT2D eigenvalue weighted by Gasteiger charge is -2.16. The number of benzene rings is 1. The predicted octanol–water partition coefficient (Wildman–Crippen LogP) is 3.79. The van der Waals surface area contributed by atoms with Crippen molar-refractivity contribution < 1.29 is 4.79 Å². The molecule has 0 aliphatic heterocycles. The number of hydrogen-bond acceptors (Lipinski definition) is 3. The van der Waals surface area contributed by atoms with Crippen LogP contribution in [0, 0.1) is 0 Å². The van der Waals surface area contributed by atoms with Gasteiger partial charge in [0.05, 0.1) is 5.69 Å². The van der Waals surface area contributed by atoms with Gasteiger partial charge in [-0.15, -0.1) is 11.3 Å². The van der Waals surface area contributed by atoms with Gasteiger partial charge in [-0.05, 0) is 49.2 Å². The lowest BCUT2D eigenvalue weighted by atomic mass is 10.2. The fourth-order valence-corrected chi connectivity index (χ4v) is 3.58. The Kier molecular flexibility index (Phi) is 6.04. The highest BCUT2D eigenvalue weighted by molar-refractivity contribution is 7.12. The summed E-state index contributed by atoms with van der Waals surface area (Å²) in [6.45, 7) is 2.56. The van der Waals surface area contributed by atoms with Gasteiger partial charge in [0.2, 0.25) is 0 Å². The molecule has 4 nitrogen and oxygen atoms in total. The van der Waals surface area contributed by atoms with Crippen LogP contribution in [0.25, 0.3) is 5.69 Å². The molecule has 0 spiro atoms. The van der Waals surface area contributed by atoms with Crippen molar-refractivity contribution >= 4 is 17.2 Å². The molecule has 0 saturated carbocycles. The van der Waals surface area contributed by atoms with Crippen LogP contribution in [0.1, 0.15) is 21.7 Å². The normalized spacial score (nSPS) is 11.0. The number of carbonyl (C=O) groups excluding carboxylic acids is 1. The van der Waals surface area contributed by atoms with Crippen molar-refractivity contribution in [1.29, 1.82) is 0 Å². The highest BCUT2D eigenvalue weighted by Crippen LogP contribution is 2.21. The number of carbonyl (C=O) groups is 1. The summed E-state index contributed by atoms with van der Waals surface area (Å²) in [5.74, 6) is 0.00409. The number of nitrogens with one attached hydrogen (secondary N) is 1. The van der Waals surface area contributed by atoms with Gasteiger partial charge in [0.25, 0.3) is 5.91 Å². The number of rotatable bonds is 8. The first-order valence-corrected chi connectivity index (χ1v) is 9.33. The molecule has 130 valence electrons. The Morgan fingerprint density at radius 3 is 2.64 bits per heavy atom.